The molecule has 0 bridgehead atoms. The van der Waals surface area contributed by atoms with E-state index in [0.29, 0.717) is 13.2 Å². The Labute approximate surface area is 180 Å². The molecule has 0 atom stereocenters. The highest BCUT2D eigenvalue weighted by atomic mass is 32.2. The van der Waals surface area contributed by atoms with Gasteiger partial charge in [0.1, 0.15) is 0 Å². The van der Waals surface area contributed by atoms with Gasteiger partial charge in [0.25, 0.3) is 0 Å². The summed E-state index contributed by atoms with van der Waals surface area (Å²) in [6.07, 6.45) is 0. The Balaban J connectivity index is 1.57. The number of aryl methyl sites for hydroxylation is 1. The van der Waals surface area contributed by atoms with Crippen molar-refractivity contribution in [3.05, 3.63) is 89.5 Å². The highest BCUT2D eigenvalue weighted by molar-refractivity contribution is 7.99. The molecule has 1 aromatic heterocycles. The maximum Gasteiger partial charge on any atom is 0.192 e. The summed E-state index contributed by atoms with van der Waals surface area (Å²) >= 11 is 1.77. The first-order valence-corrected chi connectivity index (χ1v) is 11.0. The molecule has 3 aromatic carbocycles. The van der Waals surface area contributed by atoms with Gasteiger partial charge in [-0.05, 0) is 35.2 Å². The molecule has 0 spiro atoms. The van der Waals surface area contributed by atoms with E-state index in [1.807, 2.05) is 0 Å². The van der Waals surface area contributed by atoms with Crippen molar-refractivity contribution >= 4 is 11.8 Å². The maximum absolute atomic E-state index is 5.38. The van der Waals surface area contributed by atoms with Crippen LogP contribution in [0.1, 0.15) is 21.9 Å². The molecule has 0 saturated carbocycles. The third-order valence-electron chi connectivity index (χ3n) is 5.51. The fraction of sp³-hybridized carbons (Fsp3) is 0.200. The summed E-state index contributed by atoms with van der Waals surface area (Å²) in [6, 6.07) is 25.7. The van der Waals surface area contributed by atoms with Gasteiger partial charge in [0.15, 0.2) is 11.0 Å². The Morgan fingerprint density at radius 2 is 1.60 bits per heavy atom. The first-order chi connectivity index (χ1) is 14.8. The lowest BCUT2D eigenvalue weighted by Gasteiger charge is -2.15. The summed E-state index contributed by atoms with van der Waals surface area (Å²) < 4.78 is 7.57. The van der Waals surface area contributed by atoms with Crippen LogP contribution in [-0.2, 0) is 11.3 Å². The van der Waals surface area contributed by atoms with Crippen LogP contribution in [0.4, 0.5) is 0 Å². The molecule has 0 fully saturated rings. The van der Waals surface area contributed by atoms with E-state index in [2.05, 4.69) is 94.5 Å². The van der Waals surface area contributed by atoms with Gasteiger partial charge in [-0.2, -0.15) is 0 Å². The predicted octanol–water partition coefficient (Wildman–Crippen LogP) is 5.76. The summed E-state index contributed by atoms with van der Waals surface area (Å²) in [5, 5.41) is 10.3. The van der Waals surface area contributed by atoms with E-state index in [0.717, 1.165) is 16.5 Å². The van der Waals surface area contributed by atoms with Crippen molar-refractivity contribution in [3.63, 3.8) is 0 Å². The molecule has 1 heterocycles. The quantitative estimate of drug-likeness (QED) is 0.403. The summed E-state index contributed by atoms with van der Waals surface area (Å²) in [5.74, 6) is 0.887. The van der Waals surface area contributed by atoms with Gasteiger partial charge in [0.2, 0.25) is 0 Å². The van der Waals surface area contributed by atoms with Crippen molar-refractivity contribution < 1.29 is 4.74 Å². The molecular weight excluding hydrogens is 390 g/mol. The topological polar surface area (TPSA) is 39.9 Å². The SMILES string of the molecule is COCCn1c(SC2c3ccccc3-c3ccccc32)nnc1-c1cccc(C)c1. The zero-order valence-corrected chi connectivity index (χ0v) is 17.9. The van der Waals surface area contributed by atoms with E-state index in [1.165, 1.54) is 27.8 Å². The van der Waals surface area contributed by atoms with Crippen molar-refractivity contribution in [3.8, 4) is 22.5 Å². The van der Waals surface area contributed by atoms with Crippen LogP contribution in [0.2, 0.25) is 0 Å². The highest BCUT2D eigenvalue weighted by Crippen LogP contribution is 2.51. The minimum Gasteiger partial charge on any atom is -0.383 e. The van der Waals surface area contributed by atoms with Crippen LogP contribution < -0.4 is 0 Å². The standard InChI is InChI=1S/C25H23N3OS/c1-17-8-7-9-18(16-17)24-26-27-25(28(24)14-15-29-2)30-23-21-12-5-3-10-19(21)20-11-4-6-13-22(20)23/h3-13,16,23H,14-15H2,1-2H3. The zero-order valence-electron chi connectivity index (χ0n) is 17.1. The maximum atomic E-state index is 5.38. The van der Waals surface area contributed by atoms with Crippen LogP contribution >= 0.6 is 11.8 Å². The lowest BCUT2D eigenvalue weighted by Crippen LogP contribution is -2.08. The van der Waals surface area contributed by atoms with Crippen molar-refractivity contribution in [2.45, 2.75) is 23.9 Å². The molecule has 0 radical (unpaired) electrons. The van der Waals surface area contributed by atoms with Crippen molar-refractivity contribution in [2.24, 2.45) is 0 Å². The monoisotopic (exact) mass is 413 g/mol. The van der Waals surface area contributed by atoms with Gasteiger partial charge in [-0.1, -0.05) is 84.1 Å². The summed E-state index contributed by atoms with van der Waals surface area (Å²) in [6.45, 7) is 3.43. The minimum atomic E-state index is 0.202. The molecule has 4 aromatic rings. The van der Waals surface area contributed by atoms with E-state index < -0.39 is 0 Å². The molecule has 4 nitrogen and oxygen atoms in total. The lowest BCUT2D eigenvalue weighted by molar-refractivity contribution is 0.185. The molecule has 0 aliphatic heterocycles. The molecule has 0 unspecified atom stereocenters. The number of nitrogens with zero attached hydrogens (tertiary/aromatic N) is 3. The van der Waals surface area contributed by atoms with Crippen LogP contribution in [0.15, 0.2) is 78.0 Å². The predicted molar refractivity (Wildman–Crippen MR) is 122 cm³/mol. The molecular formula is C25H23N3OS. The number of fused-ring (bicyclic) bond motifs is 3. The number of ether oxygens (including phenoxy) is 1. The second kappa shape index (κ2) is 8.09. The third-order valence-corrected chi connectivity index (χ3v) is 6.77. The van der Waals surface area contributed by atoms with Gasteiger partial charge in [0.05, 0.1) is 18.4 Å². The van der Waals surface area contributed by atoms with Crippen LogP contribution in [0.5, 0.6) is 0 Å². The molecule has 1 aliphatic rings. The molecule has 30 heavy (non-hydrogen) atoms. The Bertz CT molecular complexity index is 1150. The number of methoxy groups -OCH3 is 1. The van der Waals surface area contributed by atoms with Crippen LogP contribution in [0.3, 0.4) is 0 Å². The average Bonchev–Trinajstić information content (AvgIpc) is 3.32. The molecule has 0 N–H and O–H groups in total. The van der Waals surface area contributed by atoms with Gasteiger partial charge >= 0.3 is 0 Å². The fourth-order valence-corrected chi connectivity index (χ4v) is 5.37. The Morgan fingerprint density at radius 3 is 2.27 bits per heavy atom. The van der Waals surface area contributed by atoms with Crippen LogP contribution in [0.25, 0.3) is 22.5 Å². The van der Waals surface area contributed by atoms with Gasteiger partial charge in [0, 0.05) is 12.7 Å². The largest absolute Gasteiger partial charge is 0.383 e. The number of aromatic nitrogens is 3. The zero-order chi connectivity index (χ0) is 20.5. The first-order valence-electron chi connectivity index (χ1n) is 10.1. The number of benzene rings is 3. The minimum absolute atomic E-state index is 0.202. The Hall–Kier alpha value is -2.89. The summed E-state index contributed by atoms with van der Waals surface area (Å²) in [7, 11) is 1.73. The van der Waals surface area contributed by atoms with Gasteiger partial charge in [-0.25, -0.2) is 0 Å². The first kappa shape index (κ1) is 19.1. The number of hydrogen-bond acceptors (Lipinski definition) is 4. The lowest BCUT2D eigenvalue weighted by atomic mass is 10.1. The molecule has 5 heteroatoms. The van der Waals surface area contributed by atoms with Gasteiger partial charge < -0.3 is 4.74 Å². The van der Waals surface area contributed by atoms with Crippen molar-refractivity contribution in [1.29, 1.82) is 0 Å². The highest BCUT2D eigenvalue weighted by Gasteiger charge is 2.30. The van der Waals surface area contributed by atoms with E-state index in [9.17, 15) is 0 Å². The molecule has 1 aliphatic carbocycles. The molecule has 0 saturated heterocycles. The van der Waals surface area contributed by atoms with E-state index in [1.54, 1.807) is 18.9 Å². The van der Waals surface area contributed by atoms with E-state index in [-0.39, 0.29) is 5.25 Å². The fourth-order valence-electron chi connectivity index (χ4n) is 4.10. The number of rotatable bonds is 6. The van der Waals surface area contributed by atoms with Crippen LogP contribution in [0, 0.1) is 6.92 Å². The summed E-state index contributed by atoms with van der Waals surface area (Å²) in [4.78, 5) is 0. The molecule has 5 rings (SSSR count). The second-order valence-corrected chi connectivity index (χ2v) is 8.56. The summed E-state index contributed by atoms with van der Waals surface area (Å²) in [5.41, 5.74) is 7.59. The van der Waals surface area contributed by atoms with Crippen molar-refractivity contribution in [2.75, 3.05) is 13.7 Å². The molecule has 150 valence electrons. The van der Waals surface area contributed by atoms with Crippen molar-refractivity contribution in [1.82, 2.24) is 14.8 Å². The smallest absolute Gasteiger partial charge is 0.192 e. The van der Waals surface area contributed by atoms with Crippen LogP contribution in [-0.4, -0.2) is 28.5 Å². The second-order valence-electron chi connectivity index (χ2n) is 7.49. The molecule has 0 amide bonds. The number of hydrogen-bond donors (Lipinski definition) is 0. The normalized spacial score (nSPS) is 12.7. The van der Waals surface area contributed by atoms with Gasteiger partial charge in [-0.3, -0.25) is 4.57 Å². The number of thioether (sulfide) groups is 1. The van der Waals surface area contributed by atoms with Gasteiger partial charge in [-0.15, -0.1) is 10.2 Å². The van der Waals surface area contributed by atoms with E-state index >= 15 is 0 Å². The van der Waals surface area contributed by atoms with E-state index in [4.69, 9.17) is 4.74 Å². The Morgan fingerprint density at radius 1 is 0.900 bits per heavy atom. The average molecular weight is 414 g/mol. The third kappa shape index (κ3) is 3.34. The Kier molecular flexibility index (Phi) is 5.15.